The zero-order valence-corrected chi connectivity index (χ0v) is 14.3. The minimum Gasteiger partial charge on any atom is -0.336 e. The molecule has 0 radical (unpaired) electrons. The monoisotopic (exact) mass is 338 g/mol. The molecule has 0 atom stereocenters. The molecule has 1 aliphatic rings. The third kappa shape index (κ3) is 3.41. The van der Waals surface area contributed by atoms with Crippen molar-refractivity contribution in [3.63, 3.8) is 0 Å². The number of aryl methyl sites for hydroxylation is 1. The minimum absolute atomic E-state index is 0.147. The van der Waals surface area contributed by atoms with Gasteiger partial charge in [-0.15, -0.1) is 0 Å². The number of hydrogen-bond donors (Lipinski definition) is 0. The average molecular weight is 339 g/mol. The fourth-order valence-electron chi connectivity index (χ4n) is 2.54. The van der Waals surface area contributed by atoms with Gasteiger partial charge in [-0.1, -0.05) is 15.9 Å². The van der Waals surface area contributed by atoms with Crippen molar-refractivity contribution in [1.29, 1.82) is 0 Å². The summed E-state index contributed by atoms with van der Waals surface area (Å²) in [7, 11) is 0. The van der Waals surface area contributed by atoms with Gasteiger partial charge in [-0.3, -0.25) is 9.69 Å². The third-order valence-corrected chi connectivity index (χ3v) is 4.81. The quantitative estimate of drug-likeness (QED) is 0.784. The second-order valence-corrected chi connectivity index (χ2v) is 7.27. The Kier molecular flexibility index (Phi) is 4.55. The van der Waals surface area contributed by atoms with E-state index in [0.29, 0.717) is 0 Å². The minimum atomic E-state index is 0.147. The van der Waals surface area contributed by atoms with Crippen LogP contribution in [0.5, 0.6) is 0 Å². The normalized spacial score (nSPS) is 17.4. The molecule has 3 nitrogen and oxygen atoms in total. The molecule has 2 rings (SSSR count). The summed E-state index contributed by atoms with van der Waals surface area (Å²) in [4.78, 5) is 16.9. The van der Waals surface area contributed by atoms with Crippen LogP contribution in [0.2, 0.25) is 0 Å². The van der Waals surface area contributed by atoms with Crippen molar-refractivity contribution in [3.8, 4) is 0 Å². The molecule has 1 aromatic carbocycles. The van der Waals surface area contributed by atoms with Crippen LogP contribution in [0.1, 0.15) is 36.7 Å². The topological polar surface area (TPSA) is 23.6 Å². The number of piperazine rings is 1. The maximum Gasteiger partial charge on any atom is 0.253 e. The Balaban J connectivity index is 2.03. The largest absolute Gasteiger partial charge is 0.336 e. The molecule has 0 aromatic heterocycles. The van der Waals surface area contributed by atoms with Crippen LogP contribution >= 0.6 is 15.9 Å². The highest BCUT2D eigenvalue weighted by molar-refractivity contribution is 9.10. The first-order valence-corrected chi connectivity index (χ1v) is 7.89. The van der Waals surface area contributed by atoms with Gasteiger partial charge in [0.05, 0.1) is 0 Å². The van der Waals surface area contributed by atoms with Crippen molar-refractivity contribution >= 4 is 21.8 Å². The highest BCUT2D eigenvalue weighted by Gasteiger charge is 2.28. The fraction of sp³-hybridized carbons (Fsp3) is 0.562. The summed E-state index contributed by atoms with van der Waals surface area (Å²) < 4.78 is 1.05. The Morgan fingerprint density at radius 1 is 1.15 bits per heavy atom. The molecule has 4 heteroatoms. The molecular weight excluding hydrogens is 316 g/mol. The van der Waals surface area contributed by atoms with E-state index < -0.39 is 0 Å². The van der Waals surface area contributed by atoms with E-state index in [2.05, 4.69) is 41.6 Å². The van der Waals surface area contributed by atoms with Crippen LogP contribution in [-0.4, -0.2) is 47.4 Å². The van der Waals surface area contributed by atoms with Gasteiger partial charge < -0.3 is 4.90 Å². The first-order chi connectivity index (χ1) is 9.29. The van der Waals surface area contributed by atoms with E-state index in [1.165, 1.54) is 0 Å². The zero-order chi connectivity index (χ0) is 14.9. The van der Waals surface area contributed by atoms with Crippen LogP contribution in [0.25, 0.3) is 0 Å². The van der Waals surface area contributed by atoms with E-state index in [1.807, 2.05) is 30.0 Å². The van der Waals surface area contributed by atoms with Crippen LogP contribution in [0.15, 0.2) is 22.7 Å². The van der Waals surface area contributed by atoms with E-state index in [4.69, 9.17) is 0 Å². The summed E-state index contributed by atoms with van der Waals surface area (Å²) in [5.41, 5.74) is 2.07. The van der Waals surface area contributed by atoms with Crippen molar-refractivity contribution in [2.75, 3.05) is 26.2 Å². The molecule has 0 saturated carbocycles. The van der Waals surface area contributed by atoms with Crippen molar-refractivity contribution in [1.82, 2.24) is 9.80 Å². The molecule has 1 saturated heterocycles. The number of amides is 1. The lowest BCUT2D eigenvalue weighted by Gasteiger charge is -2.42. The number of hydrogen-bond acceptors (Lipinski definition) is 2. The predicted octanol–water partition coefficient (Wildman–Crippen LogP) is 3.31. The molecule has 1 aromatic rings. The average Bonchev–Trinajstić information content (AvgIpc) is 2.40. The Morgan fingerprint density at radius 2 is 1.75 bits per heavy atom. The van der Waals surface area contributed by atoms with E-state index in [1.54, 1.807) is 0 Å². The van der Waals surface area contributed by atoms with Gasteiger partial charge in [-0.25, -0.2) is 0 Å². The van der Waals surface area contributed by atoms with E-state index >= 15 is 0 Å². The summed E-state index contributed by atoms with van der Waals surface area (Å²) in [6.45, 7) is 12.2. The van der Waals surface area contributed by atoms with Gasteiger partial charge >= 0.3 is 0 Å². The Hall–Kier alpha value is -0.870. The van der Waals surface area contributed by atoms with Gasteiger partial charge in [0, 0.05) is 41.8 Å². The van der Waals surface area contributed by atoms with Crippen LogP contribution in [-0.2, 0) is 0 Å². The molecule has 20 heavy (non-hydrogen) atoms. The lowest BCUT2D eigenvalue weighted by atomic mass is 10.0. The number of rotatable bonds is 1. The van der Waals surface area contributed by atoms with Crippen molar-refractivity contribution in [2.45, 2.75) is 33.2 Å². The maximum atomic E-state index is 12.5. The maximum absolute atomic E-state index is 12.5. The molecule has 1 heterocycles. The standard InChI is InChI=1S/C16H23BrN2O/c1-12-11-13(5-6-14(12)17)15(20)18-7-9-19(10-8-18)16(2,3)4/h5-6,11H,7-10H2,1-4H3. The SMILES string of the molecule is Cc1cc(C(=O)N2CCN(C(C)(C)C)CC2)ccc1Br. The number of carbonyl (C=O) groups excluding carboxylic acids is 1. The molecule has 1 fully saturated rings. The second kappa shape index (κ2) is 5.86. The Labute approximate surface area is 130 Å². The van der Waals surface area contributed by atoms with Gasteiger partial charge in [0.2, 0.25) is 0 Å². The van der Waals surface area contributed by atoms with Crippen LogP contribution < -0.4 is 0 Å². The second-order valence-electron chi connectivity index (χ2n) is 6.41. The molecule has 0 unspecified atom stereocenters. The summed E-state index contributed by atoms with van der Waals surface area (Å²) in [6, 6.07) is 5.81. The molecule has 0 N–H and O–H groups in total. The lowest BCUT2D eigenvalue weighted by Crippen LogP contribution is -2.54. The van der Waals surface area contributed by atoms with Gasteiger partial charge in [0.1, 0.15) is 0 Å². The van der Waals surface area contributed by atoms with E-state index in [-0.39, 0.29) is 11.4 Å². The molecule has 1 amide bonds. The fourth-order valence-corrected chi connectivity index (χ4v) is 2.79. The van der Waals surface area contributed by atoms with Gasteiger partial charge in [-0.05, 0) is 51.5 Å². The van der Waals surface area contributed by atoms with Crippen LogP contribution in [0.3, 0.4) is 0 Å². The molecule has 1 aliphatic heterocycles. The van der Waals surface area contributed by atoms with Gasteiger partial charge in [-0.2, -0.15) is 0 Å². The van der Waals surface area contributed by atoms with Gasteiger partial charge in [0.25, 0.3) is 5.91 Å². The van der Waals surface area contributed by atoms with Crippen LogP contribution in [0.4, 0.5) is 0 Å². The summed E-state index contributed by atoms with van der Waals surface area (Å²) in [5.74, 6) is 0.147. The first kappa shape index (κ1) is 15.5. The third-order valence-electron chi connectivity index (χ3n) is 3.92. The highest BCUT2D eigenvalue weighted by Crippen LogP contribution is 2.20. The molecule has 0 bridgehead atoms. The summed E-state index contributed by atoms with van der Waals surface area (Å²) in [6.07, 6.45) is 0. The number of halogens is 1. The zero-order valence-electron chi connectivity index (χ0n) is 12.7. The van der Waals surface area contributed by atoms with Crippen LogP contribution in [0, 0.1) is 6.92 Å². The Morgan fingerprint density at radius 3 is 2.25 bits per heavy atom. The first-order valence-electron chi connectivity index (χ1n) is 7.09. The van der Waals surface area contributed by atoms with E-state index in [0.717, 1.165) is 41.8 Å². The number of benzene rings is 1. The van der Waals surface area contributed by atoms with Crippen molar-refractivity contribution < 1.29 is 4.79 Å². The number of carbonyl (C=O) groups is 1. The summed E-state index contributed by atoms with van der Waals surface area (Å²) >= 11 is 3.47. The number of nitrogens with zero attached hydrogens (tertiary/aromatic N) is 2. The Bertz CT molecular complexity index is 500. The molecular formula is C16H23BrN2O. The van der Waals surface area contributed by atoms with E-state index in [9.17, 15) is 4.79 Å². The smallest absolute Gasteiger partial charge is 0.253 e. The van der Waals surface area contributed by atoms with Crippen molar-refractivity contribution in [2.24, 2.45) is 0 Å². The van der Waals surface area contributed by atoms with Crippen molar-refractivity contribution in [3.05, 3.63) is 33.8 Å². The lowest BCUT2D eigenvalue weighted by molar-refractivity contribution is 0.0451. The molecule has 0 spiro atoms. The van der Waals surface area contributed by atoms with Gasteiger partial charge in [0.15, 0.2) is 0 Å². The summed E-state index contributed by atoms with van der Waals surface area (Å²) in [5, 5.41) is 0. The molecule has 0 aliphatic carbocycles. The predicted molar refractivity (Wildman–Crippen MR) is 86.1 cm³/mol. The molecule has 110 valence electrons. The highest BCUT2D eigenvalue weighted by atomic mass is 79.9.